The zero-order valence-corrected chi connectivity index (χ0v) is 19.8. The number of para-hydroxylation sites is 1. The summed E-state index contributed by atoms with van der Waals surface area (Å²) in [5.41, 5.74) is 2.00. The summed E-state index contributed by atoms with van der Waals surface area (Å²) in [6, 6.07) is 15.4. The van der Waals surface area contributed by atoms with E-state index in [2.05, 4.69) is 5.32 Å². The minimum absolute atomic E-state index is 0.146. The number of hydrogen-bond donors (Lipinski definition) is 1. The first-order valence-corrected chi connectivity index (χ1v) is 13.1. The van der Waals surface area contributed by atoms with Gasteiger partial charge in [0.25, 0.3) is 5.56 Å². The number of rotatable bonds is 5. The van der Waals surface area contributed by atoms with Crippen LogP contribution in [0.3, 0.4) is 0 Å². The molecular weight excluding hydrogens is 436 g/mol. The minimum Gasteiger partial charge on any atom is -0.356 e. The second kappa shape index (κ2) is 8.14. The average molecular weight is 467 g/mol. The Morgan fingerprint density at radius 1 is 0.886 bits per heavy atom. The van der Waals surface area contributed by atoms with E-state index in [1.807, 2.05) is 42.5 Å². The van der Waals surface area contributed by atoms with Crippen molar-refractivity contribution >= 4 is 33.2 Å². The first kappa shape index (κ1) is 21.0. The first-order chi connectivity index (χ1) is 17.2. The maximum absolute atomic E-state index is 13.2. The number of fused-ring (bicyclic) bond motifs is 4. The number of nitrogens with zero attached hydrogens (tertiary/aromatic N) is 3. The molecule has 0 atom stereocenters. The van der Waals surface area contributed by atoms with Crippen molar-refractivity contribution in [2.75, 3.05) is 6.54 Å². The van der Waals surface area contributed by atoms with Crippen LogP contribution in [0, 0.1) is 29.6 Å². The number of benzene rings is 2. The molecule has 2 aromatic heterocycles. The van der Waals surface area contributed by atoms with Gasteiger partial charge in [-0.25, -0.2) is 4.98 Å². The van der Waals surface area contributed by atoms with Gasteiger partial charge in [0.15, 0.2) is 5.65 Å². The molecule has 0 aliphatic heterocycles. The zero-order valence-electron chi connectivity index (χ0n) is 19.8. The molecule has 4 aliphatic rings. The molecule has 0 spiro atoms. The van der Waals surface area contributed by atoms with Gasteiger partial charge in [0.1, 0.15) is 0 Å². The van der Waals surface area contributed by atoms with Crippen molar-refractivity contribution in [2.45, 2.75) is 44.9 Å². The molecule has 2 aromatic carbocycles. The third-order valence-electron chi connectivity index (χ3n) is 8.87. The van der Waals surface area contributed by atoms with E-state index in [1.165, 1.54) is 36.6 Å². The lowest BCUT2D eigenvalue weighted by atomic mass is 9.51. The van der Waals surface area contributed by atoms with Gasteiger partial charge in [-0.2, -0.15) is 9.61 Å². The molecule has 1 N–H and O–H groups in total. The summed E-state index contributed by atoms with van der Waals surface area (Å²) in [4.78, 5) is 31.1. The Morgan fingerprint density at radius 3 is 2.29 bits per heavy atom. The number of hydrogen-bond acceptors (Lipinski definition) is 4. The Bertz CT molecular complexity index is 1500. The van der Waals surface area contributed by atoms with E-state index in [4.69, 9.17) is 10.1 Å². The highest BCUT2D eigenvalue weighted by atomic mass is 16.2. The third kappa shape index (κ3) is 3.45. The molecule has 1 amide bonds. The second-order valence-corrected chi connectivity index (χ2v) is 11.0. The van der Waals surface area contributed by atoms with Gasteiger partial charge >= 0.3 is 0 Å². The molecule has 178 valence electrons. The fourth-order valence-electron chi connectivity index (χ4n) is 7.62. The normalized spacial score (nSPS) is 27.1. The topological polar surface area (TPSA) is 76.4 Å². The third-order valence-corrected chi connectivity index (χ3v) is 8.87. The van der Waals surface area contributed by atoms with Crippen LogP contribution >= 0.6 is 0 Å². The molecule has 4 aromatic rings. The quantitative estimate of drug-likeness (QED) is 0.267. The van der Waals surface area contributed by atoms with Gasteiger partial charge in [-0.1, -0.05) is 36.4 Å². The van der Waals surface area contributed by atoms with Gasteiger partial charge < -0.3 is 5.32 Å². The number of aryl methyl sites for hydroxylation is 1. The Labute approximate surface area is 203 Å². The maximum Gasteiger partial charge on any atom is 0.282 e. The first-order valence-electron chi connectivity index (χ1n) is 13.1. The van der Waals surface area contributed by atoms with Crippen LogP contribution in [-0.2, 0) is 11.2 Å². The highest BCUT2D eigenvalue weighted by Gasteiger charge is 2.50. The SMILES string of the molecule is O=C(NCCCc1nn2c(=O)c3ccccc3nc2c2ccccc12)C1C2CC3CC(C2)CC1C3. The molecule has 6 nitrogen and oxygen atoms in total. The van der Waals surface area contributed by atoms with E-state index in [0.29, 0.717) is 41.4 Å². The Morgan fingerprint density at radius 2 is 1.54 bits per heavy atom. The highest BCUT2D eigenvalue weighted by Crippen LogP contribution is 2.56. The van der Waals surface area contributed by atoms with Gasteiger partial charge in [-0.05, 0) is 80.8 Å². The molecule has 0 unspecified atom stereocenters. The largest absolute Gasteiger partial charge is 0.356 e. The van der Waals surface area contributed by atoms with Gasteiger partial charge in [-0.3, -0.25) is 9.59 Å². The standard InChI is InChI=1S/C29H30N4O2/c34-28(26-19-13-17-12-18(15-19)16-20(26)14-17)30-11-5-10-25-21-6-1-2-7-22(21)27-31-24-9-4-3-8-23(24)29(35)33(27)32-25/h1-4,6-9,17-20,26H,5,10-16H2,(H,30,34). The highest BCUT2D eigenvalue weighted by molar-refractivity contribution is 5.96. The van der Waals surface area contributed by atoms with Crippen molar-refractivity contribution in [1.82, 2.24) is 19.9 Å². The summed E-state index contributed by atoms with van der Waals surface area (Å²) in [7, 11) is 0. The molecule has 0 radical (unpaired) electrons. The average Bonchev–Trinajstić information content (AvgIpc) is 2.86. The predicted molar refractivity (Wildman–Crippen MR) is 136 cm³/mol. The van der Waals surface area contributed by atoms with Crippen molar-refractivity contribution in [2.24, 2.45) is 29.6 Å². The van der Waals surface area contributed by atoms with Crippen LogP contribution in [0.2, 0.25) is 0 Å². The number of carbonyl (C=O) groups excluding carboxylic acids is 1. The second-order valence-electron chi connectivity index (χ2n) is 11.0. The summed E-state index contributed by atoms with van der Waals surface area (Å²) >= 11 is 0. The smallest absolute Gasteiger partial charge is 0.282 e. The summed E-state index contributed by atoms with van der Waals surface area (Å²) in [5.74, 6) is 3.45. The van der Waals surface area contributed by atoms with Crippen LogP contribution in [0.1, 0.15) is 44.2 Å². The lowest BCUT2D eigenvalue weighted by Crippen LogP contribution is -2.51. The molecule has 4 saturated carbocycles. The van der Waals surface area contributed by atoms with E-state index >= 15 is 0 Å². The minimum atomic E-state index is -0.146. The monoisotopic (exact) mass is 466 g/mol. The molecule has 6 heteroatoms. The Kier molecular flexibility index (Phi) is 4.90. The number of aromatic nitrogens is 3. The van der Waals surface area contributed by atoms with Crippen molar-refractivity contribution in [3.05, 3.63) is 64.6 Å². The maximum atomic E-state index is 13.2. The van der Waals surface area contributed by atoms with Crippen LogP contribution in [0.5, 0.6) is 0 Å². The Hall–Kier alpha value is -3.28. The lowest BCUT2D eigenvalue weighted by Gasteiger charge is -2.53. The van der Waals surface area contributed by atoms with E-state index in [-0.39, 0.29) is 17.4 Å². The molecule has 4 aliphatic carbocycles. The van der Waals surface area contributed by atoms with Gasteiger partial charge in [0, 0.05) is 23.2 Å². The van der Waals surface area contributed by atoms with Crippen LogP contribution in [0.25, 0.3) is 27.3 Å². The molecule has 8 rings (SSSR count). The van der Waals surface area contributed by atoms with Crippen molar-refractivity contribution < 1.29 is 4.79 Å². The fraction of sp³-hybridized carbons (Fsp3) is 0.448. The van der Waals surface area contributed by atoms with E-state index in [1.54, 1.807) is 6.07 Å². The fourth-order valence-corrected chi connectivity index (χ4v) is 7.62. The molecule has 35 heavy (non-hydrogen) atoms. The zero-order chi connectivity index (χ0) is 23.5. The van der Waals surface area contributed by atoms with Crippen LogP contribution in [0.15, 0.2) is 53.3 Å². The lowest BCUT2D eigenvalue weighted by molar-refractivity contribution is -0.138. The molecule has 4 bridgehead atoms. The van der Waals surface area contributed by atoms with Crippen LogP contribution < -0.4 is 10.9 Å². The van der Waals surface area contributed by atoms with Crippen LogP contribution in [-0.4, -0.2) is 27.0 Å². The summed E-state index contributed by atoms with van der Waals surface area (Å²) in [5, 5.41) is 10.5. The summed E-state index contributed by atoms with van der Waals surface area (Å²) in [6.07, 6.45) is 7.92. The summed E-state index contributed by atoms with van der Waals surface area (Å²) in [6.45, 7) is 0.639. The van der Waals surface area contributed by atoms with E-state index in [9.17, 15) is 9.59 Å². The number of carbonyl (C=O) groups is 1. The van der Waals surface area contributed by atoms with Gasteiger partial charge in [-0.15, -0.1) is 0 Å². The Balaban J connectivity index is 1.12. The van der Waals surface area contributed by atoms with E-state index in [0.717, 1.165) is 34.7 Å². The van der Waals surface area contributed by atoms with Gasteiger partial charge in [0.2, 0.25) is 5.91 Å². The van der Waals surface area contributed by atoms with E-state index < -0.39 is 0 Å². The predicted octanol–water partition coefficient (Wildman–Crippen LogP) is 4.52. The molecule has 2 heterocycles. The van der Waals surface area contributed by atoms with Gasteiger partial charge in [0.05, 0.1) is 16.6 Å². The van der Waals surface area contributed by atoms with Crippen LogP contribution in [0.4, 0.5) is 0 Å². The van der Waals surface area contributed by atoms with Crippen molar-refractivity contribution in [1.29, 1.82) is 0 Å². The van der Waals surface area contributed by atoms with Crippen molar-refractivity contribution in [3.8, 4) is 0 Å². The molecular formula is C29H30N4O2. The summed E-state index contributed by atoms with van der Waals surface area (Å²) < 4.78 is 1.45. The molecule has 0 saturated heterocycles. The number of nitrogens with one attached hydrogen (secondary N) is 1. The number of amides is 1. The molecule has 4 fully saturated rings. The van der Waals surface area contributed by atoms with Crippen molar-refractivity contribution in [3.63, 3.8) is 0 Å².